The fraction of sp³-hybridized carbons (Fsp3) is 0. The summed E-state index contributed by atoms with van der Waals surface area (Å²) in [5.41, 5.74) is 2.46. The minimum atomic E-state index is 0.780. The molecule has 0 aliphatic heterocycles. The summed E-state index contributed by atoms with van der Waals surface area (Å²) in [5, 5.41) is 0.780. The van der Waals surface area contributed by atoms with Crippen LogP contribution in [0.5, 0.6) is 0 Å². The Kier molecular flexibility index (Phi) is 3.85. The van der Waals surface area contributed by atoms with Gasteiger partial charge in [-0.3, -0.25) is 0 Å². The van der Waals surface area contributed by atoms with Crippen molar-refractivity contribution in [3.05, 3.63) is 52.0 Å². The zero-order valence-electron chi connectivity index (χ0n) is 7.80. The minimum absolute atomic E-state index is 0.780. The van der Waals surface area contributed by atoms with Crippen LogP contribution < -0.4 is 3.12 Å². The van der Waals surface area contributed by atoms with Crippen molar-refractivity contribution < 1.29 is 0 Å². The maximum atomic E-state index is 5.85. The van der Waals surface area contributed by atoms with E-state index in [-0.39, 0.29) is 0 Å². The Hall–Kier alpha value is 0.132. The monoisotopic (exact) mass is 473 g/mol. The van der Waals surface area contributed by atoms with Crippen molar-refractivity contribution in [2.45, 2.75) is 0 Å². The molecule has 0 amide bonds. The summed E-state index contributed by atoms with van der Waals surface area (Å²) in [7, 11) is 0. The molecule has 3 heteroatoms. The molecular formula is C12H7BrClPb. The SMILES string of the molecule is Clc1ccc(-c2ccc(Br)[c]([Pb])c2)cc1. The second kappa shape index (κ2) is 4.98. The van der Waals surface area contributed by atoms with Gasteiger partial charge in [-0.2, -0.15) is 0 Å². The number of halogens is 2. The number of hydrogen-bond acceptors (Lipinski definition) is 0. The quantitative estimate of drug-likeness (QED) is 0.556. The van der Waals surface area contributed by atoms with Crippen molar-refractivity contribution in [1.29, 1.82) is 0 Å². The summed E-state index contributed by atoms with van der Waals surface area (Å²) in [6.45, 7) is 0. The molecule has 0 unspecified atom stereocenters. The molecule has 0 spiro atoms. The van der Waals surface area contributed by atoms with Gasteiger partial charge in [0.1, 0.15) is 0 Å². The summed E-state index contributed by atoms with van der Waals surface area (Å²) in [6.07, 6.45) is 0. The predicted molar refractivity (Wildman–Crippen MR) is 70.0 cm³/mol. The van der Waals surface area contributed by atoms with E-state index in [1.165, 1.54) is 18.7 Å². The molecule has 3 radical (unpaired) electrons. The fourth-order valence-corrected chi connectivity index (χ4v) is 2.65. The number of rotatable bonds is 1. The van der Waals surface area contributed by atoms with Crippen molar-refractivity contribution >= 4 is 56.4 Å². The summed E-state index contributed by atoms with van der Waals surface area (Å²) >= 11 is 10.4. The van der Waals surface area contributed by atoms with Crippen molar-refractivity contribution in [3.8, 4) is 11.1 Å². The first-order chi connectivity index (χ1) is 7.16. The van der Waals surface area contributed by atoms with E-state index in [2.05, 4.69) is 34.1 Å². The zero-order chi connectivity index (χ0) is 10.8. The summed E-state index contributed by atoms with van der Waals surface area (Å²) in [5.74, 6) is 0. The van der Waals surface area contributed by atoms with E-state index in [9.17, 15) is 0 Å². The van der Waals surface area contributed by atoms with E-state index in [0.717, 1.165) is 30.8 Å². The molecule has 0 aliphatic rings. The van der Waals surface area contributed by atoms with Crippen LogP contribution in [0.3, 0.4) is 0 Å². The van der Waals surface area contributed by atoms with Gasteiger partial charge in [0.05, 0.1) is 0 Å². The normalized spacial score (nSPS) is 10.3. The van der Waals surface area contributed by atoms with Gasteiger partial charge in [-0.1, -0.05) is 0 Å². The van der Waals surface area contributed by atoms with Crippen LogP contribution in [0.4, 0.5) is 0 Å². The van der Waals surface area contributed by atoms with Gasteiger partial charge in [-0.25, -0.2) is 0 Å². The number of benzene rings is 2. The van der Waals surface area contributed by atoms with Gasteiger partial charge in [0.15, 0.2) is 0 Å². The molecule has 0 aromatic heterocycles. The Morgan fingerprint density at radius 2 is 1.53 bits per heavy atom. The van der Waals surface area contributed by atoms with E-state index >= 15 is 0 Å². The van der Waals surface area contributed by atoms with Gasteiger partial charge in [0, 0.05) is 0 Å². The topological polar surface area (TPSA) is 0 Å². The van der Waals surface area contributed by atoms with Crippen LogP contribution in [-0.2, 0) is 0 Å². The summed E-state index contributed by atoms with van der Waals surface area (Å²) in [6, 6.07) is 14.4. The van der Waals surface area contributed by atoms with Crippen molar-refractivity contribution in [3.63, 3.8) is 0 Å². The second-order valence-corrected chi connectivity index (χ2v) is 6.59. The van der Waals surface area contributed by atoms with Gasteiger partial charge < -0.3 is 0 Å². The van der Waals surface area contributed by atoms with Gasteiger partial charge in [0.2, 0.25) is 0 Å². The molecule has 0 atom stereocenters. The van der Waals surface area contributed by atoms with Crippen LogP contribution in [0.1, 0.15) is 0 Å². The van der Waals surface area contributed by atoms with E-state index in [1.807, 2.05) is 24.3 Å². The van der Waals surface area contributed by atoms with Crippen molar-refractivity contribution in [1.82, 2.24) is 0 Å². The van der Waals surface area contributed by atoms with Crippen LogP contribution in [0.15, 0.2) is 46.9 Å². The van der Waals surface area contributed by atoms with Gasteiger partial charge in [-0.05, 0) is 0 Å². The molecule has 15 heavy (non-hydrogen) atoms. The second-order valence-electron chi connectivity index (χ2n) is 3.20. The molecule has 2 aromatic carbocycles. The molecule has 2 aromatic rings. The average Bonchev–Trinajstić information content (AvgIpc) is 2.23. The van der Waals surface area contributed by atoms with Gasteiger partial charge >= 0.3 is 120 Å². The van der Waals surface area contributed by atoms with Crippen LogP contribution in [-0.4, -0.2) is 25.8 Å². The Balaban J connectivity index is 2.45. The van der Waals surface area contributed by atoms with E-state index in [1.54, 1.807) is 0 Å². The zero-order valence-corrected chi connectivity index (χ0v) is 14.0. The Morgan fingerprint density at radius 1 is 0.933 bits per heavy atom. The third-order valence-electron chi connectivity index (χ3n) is 2.14. The predicted octanol–water partition coefficient (Wildman–Crippen LogP) is 3.56. The Morgan fingerprint density at radius 3 is 2.13 bits per heavy atom. The number of hydrogen-bond donors (Lipinski definition) is 0. The Labute approximate surface area is 118 Å². The first-order valence-corrected chi connectivity index (χ1v) is 7.55. The van der Waals surface area contributed by atoms with Crippen LogP contribution in [0, 0.1) is 0 Å². The third kappa shape index (κ3) is 2.83. The molecule has 0 N–H and O–H groups in total. The standard InChI is InChI=1S/C12H7BrCl.Pb/c13-11-5-1-9(2-6-11)10-3-7-12(14)8-4-10;/h1-5,7-8H;. The summed E-state index contributed by atoms with van der Waals surface area (Å²) in [4.78, 5) is 0. The van der Waals surface area contributed by atoms with E-state index in [4.69, 9.17) is 11.6 Å². The third-order valence-corrected chi connectivity index (χ3v) is 6.12. The van der Waals surface area contributed by atoms with Crippen LogP contribution >= 0.6 is 27.5 Å². The van der Waals surface area contributed by atoms with Gasteiger partial charge in [0.25, 0.3) is 0 Å². The molecule has 0 saturated carbocycles. The molecule has 73 valence electrons. The molecule has 0 bridgehead atoms. The van der Waals surface area contributed by atoms with Crippen molar-refractivity contribution in [2.24, 2.45) is 0 Å². The van der Waals surface area contributed by atoms with E-state index in [0.29, 0.717) is 0 Å². The van der Waals surface area contributed by atoms with Gasteiger partial charge in [-0.15, -0.1) is 0 Å². The molecule has 0 nitrogen and oxygen atoms in total. The molecule has 0 heterocycles. The molecule has 0 saturated heterocycles. The van der Waals surface area contributed by atoms with Crippen LogP contribution in [0.2, 0.25) is 5.02 Å². The first-order valence-electron chi connectivity index (χ1n) is 4.44. The van der Waals surface area contributed by atoms with Crippen molar-refractivity contribution in [2.75, 3.05) is 0 Å². The Bertz CT molecular complexity index is 479. The molecule has 0 fully saturated rings. The fourth-order valence-electron chi connectivity index (χ4n) is 1.35. The van der Waals surface area contributed by atoms with Crippen LogP contribution in [0.25, 0.3) is 11.1 Å². The van der Waals surface area contributed by atoms with E-state index < -0.39 is 0 Å². The maximum absolute atomic E-state index is 5.85. The molecule has 0 aliphatic carbocycles. The molecular weight excluding hydrogens is 467 g/mol. The first kappa shape index (κ1) is 11.6. The molecule has 2 rings (SSSR count). The average molecular weight is 474 g/mol. The summed E-state index contributed by atoms with van der Waals surface area (Å²) < 4.78 is 2.58.